The molecule has 0 saturated carbocycles. The van der Waals surface area contributed by atoms with Crippen molar-refractivity contribution < 1.29 is 5.11 Å². The summed E-state index contributed by atoms with van der Waals surface area (Å²) in [4.78, 5) is 2.19. The van der Waals surface area contributed by atoms with Crippen LogP contribution in [0.1, 0.15) is 40.5 Å². The zero-order valence-corrected chi connectivity index (χ0v) is 11.9. The maximum atomic E-state index is 10.2. The van der Waals surface area contributed by atoms with Crippen molar-refractivity contribution in [2.45, 2.75) is 52.2 Å². The van der Waals surface area contributed by atoms with Crippen molar-refractivity contribution >= 4 is 0 Å². The molecule has 1 unspecified atom stereocenters. The fraction of sp³-hybridized carbons (Fsp3) is 1.00. The molecule has 0 aromatic rings. The summed E-state index contributed by atoms with van der Waals surface area (Å²) in [6.45, 7) is 10.2. The molecule has 0 bridgehead atoms. The molecule has 0 amide bonds. The Morgan fingerprint density at radius 3 is 2.00 bits per heavy atom. The topological polar surface area (TPSA) is 35.5 Å². The monoisotopic (exact) mass is 230 g/mol. The second kappa shape index (κ2) is 7.25. The number of nitrogens with one attached hydrogen (secondary N) is 1. The summed E-state index contributed by atoms with van der Waals surface area (Å²) >= 11 is 0. The van der Waals surface area contributed by atoms with Gasteiger partial charge in [0, 0.05) is 19.1 Å². The van der Waals surface area contributed by atoms with E-state index in [-0.39, 0.29) is 0 Å². The normalized spacial score (nSPS) is 14.8. The molecule has 0 aromatic carbocycles. The molecule has 0 saturated heterocycles. The van der Waals surface area contributed by atoms with E-state index in [2.05, 4.69) is 38.2 Å². The standard InChI is InChI=1S/C13H30N2O/c1-7-13(16,8-2)10-14-12(11(3)4)9-15(5)6/h11-12,14,16H,7-10H2,1-6H3. The van der Waals surface area contributed by atoms with Crippen LogP contribution in [-0.2, 0) is 0 Å². The maximum absolute atomic E-state index is 10.2. The van der Waals surface area contributed by atoms with Gasteiger partial charge in [0.25, 0.3) is 0 Å². The molecule has 98 valence electrons. The SMILES string of the molecule is CCC(O)(CC)CNC(CN(C)C)C(C)C. The van der Waals surface area contributed by atoms with E-state index in [1.165, 1.54) is 0 Å². The number of hydrogen-bond acceptors (Lipinski definition) is 3. The summed E-state index contributed by atoms with van der Waals surface area (Å²) in [6.07, 6.45) is 1.62. The Morgan fingerprint density at radius 1 is 1.19 bits per heavy atom. The van der Waals surface area contributed by atoms with Gasteiger partial charge in [0.2, 0.25) is 0 Å². The fourth-order valence-corrected chi connectivity index (χ4v) is 1.73. The van der Waals surface area contributed by atoms with Gasteiger partial charge in [0.05, 0.1) is 5.60 Å². The van der Waals surface area contributed by atoms with Gasteiger partial charge in [0.15, 0.2) is 0 Å². The average Bonchev–Trinajstić information content (AvgIpc) is 2.23. The largest absolute Gasteiger partial charge is 0.389 e. The molecule has 1 atom stereocenters. The lowest BCUT2D eigenvalue weighted by Gasteiger charge is -2.31. The molecule has 0 rings (SSSR count). The predicted molar refractivity (Wildman–Crippen MR) is 70.7 cm³/mol. The van der Waals surface area contributed by atoms with E-state index < -0.39 is 5.60 Å². The van der Waals surface area contributed by atoms with Gasteiger partial charge in [-0.15, -0.1) is 0 Å². The Morgan fingerprint density at radius 2 is 1.69 bits per heavy atom. The minimum atomic E-state index is -0.542. The first-order valence-corrected chi connectivity index (χ1v) is 6.45. The van der Waals surface area contributed by atoms with Gasteiger partial charge in [-0.25, -0.2) is 0 Å². The minimum Gasteiger partial charge on any atom is -0.389 e. The first-order valence-electron chi connectivity index (χ1n) is 6.45. The van der Waals surface area contributed by atoms with E-state index in [4.69, 9.17) is 0 Å². The third kappa shape index (κ3) is 5.83. The highest BCUT2D eigenvalue weighted by molar-refractivity contribution is 4.82. The van der Waals surface area contributed by atoms with Gasteiger partial charge in [-0.2, -0.15) is 0 Å². The number of aliphatic hydroxyl groups is 1. The van der Waals surface area contributed by atoms with Gasteiger partial charge in [-0.1, -0.05) is 27.7 Å². The Hall–Kier alpha value is -0.120. The van der Waals surface area contributed by atoms with Crippen LogP contribution in [0.4, 0.5) is 0 Å². The van der Waals surface area contributed by atoms with Crippen LogP contribution in [0.25, 0.3) is 0 Å². The van der Waals surface area contributed by atoms with Crippen LogP contribution in [-0.4, -0.2) is 48.8 Å². The van der Waals surface area contributed by atoms with Crippen molar-refractivity contribution in [1.82, 2.24) is 10.2 Å². The highest BCUT2D eigenvalue weighted by atomic mass is 16.3. The number of nitrogens with zero attached hydrogens (tertiary/aromatic N) is 1. The van der Waals surface area contributed by atoms with Crippen LogP contribution in [0.2, 0.25) is 0 Å². The van der Waals surface area contributed by atoms with E-state index in [1.807, 2.05) is 13.8 Å². The van der Waals surface area contributed by atoms with Crippen LogP contribution < -0.4 is 5.32 Å². The number of rotatable bonds is 8. The van der Waals surface area contributed by atoms with Crippen molar-refractivity contribution in [3.63, 3.8) is 0 Å². The molecule has 0 aliphatic carbocycles. The summed E-state index contributed by atoms with van der Waals surface area (Å²) in [7, 11) is 4.17. The van der Waals surface area contributed by atoms with Gasteiger partial charge in [0.1, 0.15) is 0 Å². The van der Waals surface area contributed by atoms with Crippen molar-refractivity contribution in [1.29, 1.82) is 0 Å². The van der Waals surface area contributed by atoms with Crippen LogP contribution in [0.3, 0.4) is 0 Å². The Labute approximate surface area is 101 Å². The highest BCUT2D eigenvalue weighted by Crippen LogP contribution is 2.14. The van der Waals surface area contributed by atoms with Crippen LogP contribution in [0.5, 0.6) is 0 Å². The molecule has 0 heterocycles. The molecular weight excluding hydrogens is 200 g/mol. The van der Waals surface area contributed by atoms with Gasteiger partial charge in [-0.3, -0.25) is 0 Å². The second-order valence-electron chi connectivity index (χ2n) is 5.43. The second-order valence-corrected chi connectivity index (χ2v) is 5.43. The molecule has 0 aliphatic heterocycles. The zero-order valence-electron chi connectivity index (χ0n) is 11.9. The zero-order chi connectivity index (χ0) is 12.8. The summed E-state index contributed by atoms with van der Waals surface area (Å²) in [5.41, 5.74) is -0.542. The van der Waals surface area contributed by atoms with Gasteiger partial charge < -0.3 is 15.3 Å². The summed E-state index contributed by atoms with van der Waals surface area (Å²) in [5.74, 6) is 0.584. The molecule has 0 radical (unpaired) electrons. The van der Waals surface area contributed by atoms with E-state index in [1.54, 1.807) is 0 Å². The molecule has 2 N–H and O–H groups in total. The van der Waals surface area contributed by atoms with Crippen LogP contribution in [0, 0.1) is 5.92 Å². The van der Waals surface area contributed by atoms with Gasteiger partial charge in [-0.05, 0) is 32.9 Å². The Balaban J connectivity index is 4.20. The van der Waals surface area contributed by atoms with Crippen molar-refractivity contribution in [3.05, 3.63) is 0 Å². The van der Waals surface area contributed by atoms with Gasteiger partial charge >= 0.3 is 0 Å². The van der Waals surface area contributed by atoms with Crippen molar-refractivity contribution in [2.24, 2.45) is 5.92 Å². The van der Waals surface area contributed by atoms with E-state index in [9.17, 15) is 5.11 Å². The average molecular weight is 230 g/mol. The Kier molecular flexibility index (Phi) is 7.20. The lowest BCUT2D eigenvalue weighted by Crippen LogP contribution is -2.49. The molecule has 0 aliphatic rings. The van der Waals surface area contributed by atoms with Crippen molar-refractivity contribution in [2.75, 3.05) is 27.2 Å². The van der Waals surface area contributed by atoms with E-state index >= 15 is 0 Å². The van der Waals surface area contributed by atoms with Crippen LogP contribution in [0.15, 0.2) is 0 Å². The molecule has 0 aromatic heterocycles. The molecule has 3 heteroatoms. The number of hydrogen-bond donors (Lipinski definition) is 2. The fourth-order valence-electron chi connectivity index (χ4n) is 1.73. The minimum absolute atomic E-state index is 0.444. The Bertz CT molecular complexity index is 177. The molecule has 0 fully saturated rings. The smallest absolute Gasteiger partial charge is 0.0766 e. The van der Waals surface area contributed by atoms with Crippen LogP contribution >= 0.6 is 0 Å². The first kappa shape index (κ1) is 15.9. The summed E-state index contributed by atoms with van der Waals surface area (Å²) < 4.78 is 0. The molecule has 16 heavy (non-hydrogen) atoms. The maximum Gasteiger partial charge on any atom is 0.0766 e. The van der Waals surface area contributed by atoms with E-state index in [0.717, 1.165) is 19.4 Å². The lowest BCUT2D eigenvalue weighted by molar-refractivity contribution is 0.0273. The number of likely N-dealkylation sites (N-methyl/N-ethyl adjacent to an activating group) is 1. The summed E-state index contributed by atoms with van der Waals surface area (Å²) in [5, 5.41) is 13.7. The first-order chi connectivity index (χ1) is 7.34. The lowest BCUT2D eigenvalue weighted by atomic mass is 9.95. The third-order valence-electron chi connectivity index (χ3n) is 3.38. The molecular formula is C13H30N2O. The summed E-state index contributed by atoms with van der Waals surface area (Å²) in [6, 6.07) is 0.444. The predicted octanol–water partition coefficient (Wildman–Crippen LogP) is 1.71. The molecule has 0 spiro atoms. The van der Waals surface area contributed by atoms with Crippen molar-refractivity contribution in [3.8, 4) is 0 Å². The third-order valence-corrected chi connectivity index (χ3v) is 3.38. The quantitative estimate of drug-likeness (QED) is 0.666. The molecule has 3 nitrogen and oxygen atoms in total. The van der Waals surface area contributed by atoms with E-state index in [0.29, 0.717) is 18.5 Å². The highest BCUT2D eigenvalue weighted by Gasteiger charge is 2.24.